The Morgan fingerprint density at radius 3 is 3.00 bits per heavy atom. The van der Waals surface area contributed by atoms with Gasteiger partial charge in [-0.3, -0.25) is 14.6 Å². The zero-order valence-electron chi connectivity index (χ0n) is 14.6. The van der Waals surface area contributed by atoms with Crippen LogP contribution in [0, 0.1) is 12.7 Å². The molecule has 6 heteroatoms. The molecule has 0 saturated carbocycles. The molecule has 0 N–H and O–H groups in total. The van der Waals surface area contributed by atoms with Crippen LogP contribution in [0.25, 0.3) is 11.0 Å². The molecule has 130 valence electrons. The molecule has 1 atom stereocenters. The van der Waals surface area contributed by atoms with E-state index < -0.39 is 0 Å². The average molecular weight is 339 g/mol. The molecular weight excluding hydrogens is 317 g/mol. The summed E-state index contributed by atoms with van der Waals surface area (Å²) >= 11 is 0. The standard InChI is InChI=1S/C19H22FN5/c1-13-15-7-8-17(22-19(15)24(2)23-13)14-5-4-10-25(11-14)12-18-16(20)6-3-9-21-18/h3,6-9,14H,4-5,10-12H2,1-2H3/t14-/m0/s1. The molecule has 5 nitrogen and oxygen atoms in total. The minimum Gasteiger partial charge on any atom is -0.297 e. The Bertz CT molecular complexity index is 904. The molecule has 4 rings (SSSR count). The summed E-state index contributed by atoms with van der Waals surface area (Å²) in [4.78, 5) is 11.3. The van der Waals surface area contributed by atoms with E-state index in [1.165, 1.54) is 6.07 Å². The van der Waals surface area contributed by atoms with E-state index in [0.717, 1.165) is 48.4 Å². The molecule has 0 aromatic carbocycles. The minimum absolute atomic E-state index is 0.227. The van der Waals surface area contributed by atoms with E-state index >= 15 is 0 Å². The van der Waals surface area contributed by atoms with Gasteiger partial charge in [0, 0.05) is 43.3 Å². The fraction of sp³-hybridized carbons (Fsp3) is 0.421. The van der Waals surface area contributed by atoms with Crippen molar-refractivity contribution in [2.24, 2.45) is 7.05 Å². The van der Waals surface area contributed by atoms with Crippen molar-refractivity contribution in [3.05, 3.63) is 53.4 Å². The van der Waals surface area contributed by atoms with Crippen LogP contribution in [-0.2, 0) is 13.6 Å². The van der Waals surface area contributed by atoms with Crippen molar-refractivity contribution in [2.45, 2.75) is 32.2 Å². The van der Waals surface area contributed by atoms with Gasteiger partial charge in [0.15, 0.2) is 5.65 Å². The number of nitrogens with zero attached hydrogens (tertiary/aromatic N) is 5. The lowest BCUT2D eigenvalue weighted by Crippen LogP contribution is -2.34. The van der Waals surface area contributed by atoms with E-state index in [2.05, 4.69) is 27.1 Å². The van der Waals surface area contributed by atoms with Crippen molar-refractivity contribution in [1.29, 1.82) is 0 Å². The van der Waals surface area contributed by atoms with Crippen LogP contribution in [-0.4, -0.2) is 37.7 Å². The summed E-state index contributed by atoms with van der Waals surface area (Å²) in [6, 6.07) is 7.35. The van der Waals surface area contributed by atoms with Gasteiger partial charge in [-0.25, -0.2) is 9.37 Å². The first-order valence-electron chi connectivity index (χ1n) is 8.74. The molecule has 1 aliphatic heterocycles. The lowest BCUT2D eigenvalue weighted by atomic mass is 9.94. The highest BCUT2D eigenvalue weighted by Crippen LogP contribution is 2.28. The van der Waals surface area contributed by atoms with Gasteiger partial charge in [0.1, 0.15) is 5.82 Å². The van der Waals surface area contributed by atoms with Crippen LogP contribution >= 0.6 is 0 Å². The van der Waals surface area contributed by atoms with Crippen LogP contribution in [0.4, 0.5) is 4.39 Å². The third-order valence-electron chi connectivity index (χ3n) is 5.02. The molecule has 0 spiro atoms. The average Bonchev–Trinajstić information content (AvgIpc) is 2.91. The molecule has 0 aliphatic carbocycles. The van der Waals surface area contributed by atoms with Gasteiger partial charge in [0.05, 0.1) is 11.4 Å². The van der Waals surface area contributed by atoms with Crippen molar-refractivity contribution in [3.63, 3.8) is 0 Å². The second-order valence-corrected chi connectivity index (χ2v) is 6.82. The fourth-order valence-corrected chi connectivity index (χ4v) is 3.73. The topological polar surface area (TPSA) is 46.8 Å². The molecule has 1 fully saturated rings. The number of likely N-dealkylation sites (tertiary alicyclic amines) is 1. The Morgan fingerprint density at radius 1 is 1.28 bits per heavy atom. The van der Waals surface area contributed by atoms with Gasteiger partial charge in [-0.15, -0.1) is 0 Å². The highest BCUT2D eigenvalue weighted by molar-refractivity contribution is 5.78. The van der Waals surface area contributed by atoms with Crippen LogP contribution in [0.3, 0.4) is 0 Å². The lowest BCUT2D eigenvalue weighted by molar-refractivity contribution is 0.194. The third-order valence-corrected chi connectivity index (χ3v) is 5.02. The third kappa shape index (κ3) is 3.14. The van der Waals surface area contributed by atoms with Gasteiger partial charge in [0.25, 0.3) is 0 Å². The van der Waals surface area contributed by atoms with Crippen LogP contribution < -0.4 is 0 Å². The molecule has 0 amide bonds. The van der Waals surface area contributed by atoms with E-state index in [4.69, 9.17) is 4.98 Å². The number of pyridine rings is 2. The van der Waals surface area contributed by atoms with Crippen molar-refractivity contribution in [2.75, 3.05) is 13.1 Å². The van der Waals surface area contributed by atoms with Crippen LogP contribution in [0.1, 0.15) is 35.8 Å². The highest BCUT2D eigenvalue weighted by atomic mass is 19.1. The van der Waals surface area contributed by atoms with Gasteiger partial charge in [-0.05, 0) is 50.6 Å². The number of piperidine rings is 1. The predicted octanol–water partition coefficient (Wildman–Crippen LogP) is 3.19. The summed E-state index contributed by atoms with van der Waals surface area (Å²) in [5.41, 5.74) is 3.56. The summed E-state index contributed by atoms with van der Waals surface area (Å²) in [7, 11) is 1.93. The molecule has 0 radical (unpaired) electrons. The first-order valence-corrected chi connectivity index (χ1v) is 8.74. The van der Waals surface area contributed by atoms with E-state index in [0.29, 0.717) is 18.2 Å². The Balaban J connectivity index is 1.55. The van der Waals surface area contributed by atoms with Gasteiger partial charge < -0.3 is 0 Å². The Hall–Kier alpha value is -2.34. The Morgan fingerprint density at radius 2 is 2.16 bits per heavy atom. The van der Waals surface area contributed by atoms with E-state index in [-0.39, 0.29) is 5.82 Å². The van der Waals surface area contributed by atoms with Gasteiger partial charge >= 0.3 is 0 Å². The Kier molecular flexibility index (Phi) is 4.21. The van der Waals surface area contributed by atoms with E-state index in [1.807, 2.05) is 18.7 Å². The molecule has 1 aliphatic rings. The van der Waals surface area contributed by atoms with Crippen molar-refractivity contribution in [3.8, 4) is 0 Å². The molecule has 1 saturated heterocycles. The second-order valence-electron chi connectivity index (χ2n) is 6.82. The van der Waals surface area contributed by atoms with Crippen LogP contribution in [0.15, 0.2) is 30.5 Å². The molecule has 3 aromatic heterocycles. The van der Waals surface area contributed by atoms with Crippen LogP contribution in [0.5, 0.6) is 0 Å². The number of aryl methyl sites for hydroxylation is 2. The quantitative estimate of drug-likeness (QED) is 0.735. The molecule has 0 bridgehead atoms. The molecular formula is C19H22FN5. The predicted molar refractivity (Wildman–Crippen MR) is 94.7 cm³/mol. The molecule has 0 unspecified atom stereocenters. The second kappa shape index (κ2) is 6.52. The summed E-state index contributed by atoms with van der Waals surface area (Å²) < 4.78 is 15.7. The summed E-state index contributed by atoms with van der Waals surface area (Å²) in [6.07, 6.45) is 3.85. The number of hydrogen-bond donors (Lipinski definition) is 0. The van der Waals surface area contributed by atoms with Gasteiger partial charge in [-0.1, -0.05) is 0 Å². The molecule has 25 heavy (non-hydrogen) atoms. The fourth-order valence-electron chi connectivity index (χ4n) is 3.73. The lowest BCUT2D eigenvalue weighted by Gasteiger charge is -2.32. The molecule has 3 aromatic rings. The summed E-state index contributed by atoms with van der Waals surface area (Å²) in [5, 5.41) is 5.56. The monoisotopic (exact) mass is 339 g/mol. The van der Waals surface area contributed by atoms with E-state index in [1.54, 1.807) is 12.3 Å². The zero-order valence-corrected chi connectivity index (χ0v) is 14.6. The number of aromatic nitrogens is 4. The van der Waals surface area contributed by atoms with Crippen molar-refractivity contribution < 1.29 is 4.39 Å². The first-order chi connectivity index (χ1) is 12.1. The number of rotatable bonds is 3. The SMILES string of the molecule is Cc1nn(C)c2nc([C@H]3CCCN(Cc4ncccc4F)C3)ccc12. The van der Waals surface area contributed by atoms with E-state index in [9.17, 15) is 4.39 Å². The first kappa shape index (κ1) is 16.1. The summed E-state index contributed by atoms with van der Waals surface area (Å²) in [5.74, 6) is 0.134. The van der Waals surface area contributed by atoms with Crippen molar-refractivity contribution >= 4 is 11.0 Å². The van der Waals surface area contributed by atoms with Gasteiger partial charge in [0.2, 0.25) is 0 Å². The van der Waals surface area contributed by atoms with Crippen molar-refractivity contribution in [1.82, 2.24) is 24.6 Å². The molecule has 4 heterocycles. The maximum absolute atomic E-state index is 13.9. The Labute approximate surface area is 146 Å². The maximum atomic E-state index is 13.9. The number of halogens is 1. The van der Waals surface area contributed by atoms with Gasteiger partial charge in [-0.2, -0.15) is 5.10 Å². The maximum Gasteiger partial charge on any atom is 0.158 e. The summed E-state index contributed by atoms with van der Waals surface area (Å²) in [6.45, 7) is 4.41. The highest BCUT2D eigenvalue weighted by Gasteiger charge is 2.24. The largest absolute Gasteiger partial charge is 0.297 e. The number of hydrogen-bond acceptors (Lipinski definition) is 4. The van der Waals surface area contributed by atoms with Crippen LogP contribution in [0.2, 0.25) is 0 Å². The smallest absolute Gasteiger partial charge is 0.158 e. The normalized spacial score (nSPS) is 18.8. The number of fused-ring (bicyclic) bond motifs is 1. The zero-order chi connectivity index (χ0) is 17.4. The minimum atomic E-state index is -0.227.